The molecule has 4 heterocycles. The average molecular weight is 628 g/mol. The van der Waals surface area contributed by atoms with Crippen molar-refractivity contribution in [3.8, 4) is 23.0 Å². The minimum Gasteiger partial charge on any atom is -0.481 e. The topological polar surface area (TPSA) is 109 Å². The number of para-hydroxylation sites is 2. The number of hydrogen-bond acceptors (Lipinski definition) is 6. The van der Waals surface area contributed by atoms with Crippen LogP contribution in [0, 0.1) is 5.82 Å². The molecule has 47 heavy (non-hydrogen) atoms. The Bertz CT molecular complexity index is 2150. The zero-order chi connectivity index (χ0) is 32.7. The first-order valence-electron chi connectivity index (χ1n) is 15.1. The molecule has 6 aromatic rings. The smallest absolute Gasteiger partial charge is 0.262 e. The van der Waals surface area contributed by atoms with Crippen molar-refractivity contribution in [3.05, 3.63) is 115 Å². The van der Waals surface area contributed by atoms with Crippen molar-refractivity contribution in [1.29, 1.82) is 0 Å². The van der Waals surface area contributed by atoms with E-state index in [0.29, 0.717) is 45.7 Å². The summed E-state index contributed by atoms with van der Waals surface area (Å²) < 4.78 is 21.1. The fourth-order valence-corrected chi connectivity index (χ4v) is 5.95. The number of carbonyl (C=O) groups is 2. The van der Waals surface area contributed by atoms with Gasteiger partial charge in [0.1, 0.15) is 12.4 Å². The standard InChI is InChI=1S/C36H30FN7O3/c1-22(2)43(26-14-16-32(47-3)39-20-26)33(45)21-42-30-11-7-8-12-31(30)44-34(23-9-5-4-6-10-23)40-41-35(44)28(36(42)46)17-24-19-38-29-18-25(37)13-15-27(24)29/h4-20,22,38H,21H2,1-3H3. The predicted octanol–water partition coefficient (Wildman–Crippen LogP) is 6.29. The van der Waals surface area contributed by atoms with E-state index < -0.39 is 5.91 Å². The number of ether oxygens (including phenoxy) is 1. The Hall–Kier alpha value is -6.10. The van der Waals surface area contributed by atoms with Crippen LogP contribution in [0.25, 0.3) is 39.6 Å². The van der Waals surface area contributed by atoms with E-state index in [1.54, 1.807) is 41.6 Å². The van der Waals surface area contributed by atoms with E-state index >= 15 is 0 Å². The molecule has 0 saturated carbocycles. The maximum atomic E-state index is 14.8. The van der Waals surface area contributed by atoms with Crippen molar-refractivity contribution in [2.75, 3.05) is 23.5 Å². The number of pyridine rings is 1. The number of aromatic amines is 1. The molecule has 7 rings (SSSR count). The highest BCUT2D eigenvalue weighted by Gasteiger charge is 2.36. The van der Waals surface area contributed by atoms with E-state index in [2.05, 4.69) is 20.2 Å². The van der Waals surface area contributed by atoms with Crippen LogP contribution in [0.2, 0.25) is 0 Å². The van der Waals surface area contributed by atoms with Gasteiger partial charge in [-0.2, -0.15) is 0 Å². The van der Waals surface area contributed by atoms with Crippen LogP contribution in [0.1, 0.15) is 25.2 Å². The van der Waals surface area contributed by atoms with E-state index in [4.69, 9.17) is 4.74 Å². The van der Waals surface area contributed by atoms with Crippen LogP contribution in [-0.4, -0.2) is 56.2 Å². The third-order valence-electron chi connectivity index (χ3n) is 8.09. The second kappa shape index (κ2) is 12.0. The summed E-state index contributed by atoms with van der Waals surface area (Å²) in [5.74, 6) is 0.149. The fourth-order valence-electron chi connectivity index (χ4n) is 5.95. The third kappa shape index (κ3) is 5.31. The molecule has 0 atom stereocenters. The van der Waals surface area contributed by atoms with Crippen LogP contribution in [-0.2, 0) is 9.59 Å². The Kier molecular flexibility index (Phi) is 7.56. The van der Waals surface area contributed by atoms with Gasteiger partial charge in [-0.15, -0.1) is 10.2 Å². The Morgan fingerprint density at radius 3 is 2.45 bits per heavy atom. The quantitative estimate of drug-likeness (QED) is 0.209. The zero-order valence-corrected chi connectivity index (χ0v) is 25.9. The number of methoxy groups -OCH3 is 1. The number of aromatic nitrogens is 5. The van der Waals surface area contributed by atoms with Gasteiger partial charge in [0.15, 0.2) is 11.6 Å². The lowest BCUT2D eigenvalue weighted by molar-refractivity contribution is -0.120. The highest BCUT2D eigenvalue weighted by Crippen LogP contribution is 2.38. The highest BCUT2D eigenvalue weighted by atomic mass is 19.1. The molecule has 1 aliphatic rings. The fraction of sp³-hybridized carbons (Fsp3) is 0.139. The van der Waals surface area contributed by atoms with E-state index in [-0.39, 0.29) is 29.9 Å². The zero-order valence-electron chi connectivity index (χ0n) is 25.9. The van der Waals surface area contributed by atoms with Crippen LogP contribution in [0.3, 0.4) is 0 Å². The molecule has 0 fully saturated rings. The van der Waals surface area contributed by atoms with Gasteiger partial charge in [-0.05, 0) is 56.3 Å². The minimum absolute atomic E-state index is 0.219. The van der Waals surface area contributed by atoms with Gasteiger partial charge >= 0.3 is 0 Å². The van der Waals surface area contributed by atoms with Crippen LogP contribution in [0.4, 0.5) is 15.8 Å². The van der Waals surface area contributed by atoms with Crippen LogP contribution in [0.15, 0.2) is 97.3 Å². The van der Waals surface area contributed by atoms with Gasteiger partial charge in [0, 0.05) is 40.3 Å². The Balaban J connectivity index is 1.40. The molecular weight excluding hydrogens is 597 g/mol. The first-order chi connectivity index (χ1) is 22.8. The summed E-state index contributed by atoms with van der Waals surface area (Å²) in [7, 11) is 1.53. The lowest BCUT2D eigenvalue weighted by atomic mass is 10.1. The molecule has 3 aromatic heterocycles. The Labute approximate surface area is 269 Å². The van der Waals surface area contributed by atoms with Crippen molar-refractivity contribution >= 4 is 45.7 Å². The van der Waals surface area contributed by atoms with E-state index in [1.165, 1.54) is 24.1 Å². The average Bonchev–Trinajstić information content (AvgIpc) is 3.68. The molecule has 1 aliphatic heterocycles. The number of fused-ring (bicyclic) bond motifs is 4. The minimum atomic E-state index is -0.440. The van der Waals surface area contributed by atoms with E-state index in [0.717, 1.165) is 10.9 Å². The number of H-pyrrole nitrogens is 1. The SMILES string of the molecule is COc1ccc(N(C(=O)CN2C(=O)C(=Cc3c[nH]c4cc(F)ccc34)c3nnc(-c4ccccc4)n3-c3ccccc32)C(C)C)cn1. The normalized spacial score (nSPS) is 13.5. The number of rotatable bonds is 7. The number of hydrogen-bond donors (Lipinski definition) is 1. The molecule has 0 saturated heterocycles. The number of amides is 2. The molecule has 0 radical (unpaired) electrons. The number of nitrogens with zero attached hydrogens (tertiary/aromatic N) is 6. The lowest BCUT2D eigenvalue weighted by Gasteiger charge is -2.30. The summed E-state index contributed by atoms with van der Waals surface area (Å²) in [5, 5.41) is 9.82. The molecule has 3 aromatic carbocycles. The number of benzene rings is 3. The van der Waals surface area contributed by atoms with Crippen molar-refractivity contribution in [2.45, 2.75) is 19.9 Å². The monoisotopic (exact) mass is 627 g/mol. The summed E-state index contributed by atoms with van der Waals surface area (Å²) in [6.07, 6.45) is 5.01. The lowest BCUT2D eigenvalue weighted by Crippen LogP contribution is -2.46. The maximum absolute atomic E-state index is 14.8. The van der Waals surface area contributed by atoms with Crippen LogP contribution >= 0.6 is 0 Å². The van der Waals surface area contributed by atoms with E-state index in [1.807, 2.05) is 73.0 Å². The summed E-state index contributed by atoms with van der Waals surface area (Å²) >= 11 is 0. The summed E-state index contributed by atoms with van der Waals surface area (Å²) in [6, 6.07) is 24.6. The van der Waals surface area contributed by atoms with Crippen molar-refractivity contribution in [3.63, 3.8) is 0 Å². The van der Waals surface area contributed by atoms with Crippen LogP contribution < -0.4 is 14.5 Å². The summed E-state index contributed by atoms with van der Waals surface area (Å²) in [5.41, 5.74) is 4.00. The molecule has 10 nitrogen and oxygen atoms in total. The number of nitrogens with one attached hydrogen (secondary N) is 1. The van der Waals surface area contributed by atoms with Gasteiger partial charge in [-0.3, -0.25) is 19.1 Å². The van der Waals surface area contributed by atoms with Gasteiger partial charge in [0.05, 0.1) is 35.9 Å². The molecule has 2 amide bonds. The van der Waals surface area contributed by atoms with Gasteiger partial charge < -0.3 is 14.6 Å². The van der Waals surface area contributed by atoms with Gasteiger partial charge in [-0.1, -0.05) is 42.5 Å². The first kappa shape index (κ1) is 29.6. The number of halogens is 1. The molecule has 0 unspecified atom stereocenters. The van der Waals surface area contributed by atoms with Crippen LogP contribution in [0.5, 0.6) is 5.88 Å². The molecular formula is C36H30FN7O3. The Morgan fingerprint density at radius 1 is 0.979 bits per heavy atom. The van der Waals surface area contributed by atoms with Gasteiger partial charge in [0.25, 0.3) is 5.91 Å². The summed E-state index contributed by atoms with van der Waals surface area (Å²) in [4.78, 5) is 39.4. The number of carbonyl (C=O) groups excluding carboxylic acids is 2. The van der Waals surface area contributed by atoms with Crippen molar-refractivity contribution in [2.24, 2.45) is 0 Å². The predicted molar refractivity (Wildman–Crippen MR) is 179 cm³/mol. The van der Waals surface area contributed by atoms with Crippen molar-refractivity contribution in [1.82, 2.24) is 24.7 Å². The van der Waals surface area contributed by atoms with E-state index in [9.17, 15) is 14.0 Å². The molecule has 234 valence electrons. The molecule has 11 heteroatoms. The molecule has 0 aliphatic carbocycles. The number of anilines is 2. The van der Waals surface area contributed by atoms with Crippen molar-refractivity contribution < 1.29 is 18.7 Å². The second-order valence-electron chi connectivity index (χ2n) is 11.3. The maximum Gasteiger partial charge on any atom is 0.262 e. The van der Waals surface area contributed by atoms with Gasteiger partial charge in [0.2, 0.25) is 11.8 Å². The Morgan fingerprint density at radius 2 is 1.72 bits per heavy atom. The van der Waals surface area contributed by atoms with Gasteiger partial charge in [-0.25, -0.2) is 9.37 Å². The molecule has 0 bridgehead atoms. The second-order valence-corrected chi connectivity index (χ2v) is 11.3. The summed E-state index contributed by atoms with van der Waals surface area (Å²) in [6.45, 7) is 3.54. The largest absolute Gasteiger partial charge is 0.481 e. The molecule has 0 spiro atoms. The first-order valence-corrected chi connectivity index (χ1v) is 15.1. The molecule has 1 N–H and O–H groups in total. The highest BCUT2D eigenvalue weighted by molar-refractivity contribution is 6.32. The third-order valence-corrected chi connectivity index (χ3v) is 8.09.